The Balaban J connectivity index is 1.93. The van der Waals surface area contributed by atoms with Crippen LogP contribution in [0.4, 0.5) is 28.9 Å². The molecule has 0 radical (unpaired) electrons. The Kier molecular flexibility index (Phi) is 7.01. The Bertz CT molecular complexity index is 772. The quantitative estimate of drug-likeness (QED) is 0.517. The minimum atomic E-state index is -4.57. The van der Waals surface area contributed by atoms with Crippen LogP contribution in [0.15, 0.2) is 42.5 Å². The fraction of sp³-hybridized carbons (Fsp3) is 0.316. The van der Waals surface area contributed by atoms with Gasteiger partial charge in [-0.1, -0.05) is 6.07 Å². The highest BCUT2D eigenvalue weighted by Crippen LogP contribution is 2.30. The second-order valence-electron chi connectivity index (χ2n) is 5.83. The molecule has 146 valence electrons. The first-order chi connectivity index (χ1) is 12.7. The Morgan fingerprint density at radius 3 is 2.19 bits per heavy atom. The summed E-state index contributed by atoms with van der Waals surface area (Å²) < 4.78 is 51.5. The second-order valence-corrected chi connectivity index (χ2v) is 6.24. The molecule has 0 aliphatic carbocycles. The molecular weight excluding hydrogens is 378 g/mol. The van der Waals surface area contributed by atoms with Crippen LogP contribution >= 0.6 is 12.2 Å². The minimum Gasteiger partial charge on any atom is -0.372 e. The standard InChI is InChI=1S/C19H21F4N3S/c1-3-26(4-2)16-9-7-15(8-10-16)25-18(27)24-12-13-5-6-14(11-17(13)20)19(21,22)23/h5-11H,3-4,12H2,1-2H3,(H2,24,25,27). The molecule has 0 aromatic heterocycles. The van der Waals surface area contributed by atoms with Crippen molar-refractivity contribution in [2.45, 2.75) is 26.6 Å². The monoisotopic (exact) mass is 399 g/mol. The summed E-state index contributed by atoms with van der Waals surface area (Å²) in [6, 6.07) is 10.1. The highest BCUT2D eigenvalue weighted by atomic mass is 32.1. The normalized spacial score (nSPS) is 11.2. The Morgan fingerprint density at radius 1 is 1.04 bits per heavy atom. The van der Waals surface area contributed by atoms with Crippen molar-refractivity contribution in [1.82, 2.24) is 5.32 Å². The molecule has 0 spiro atoms. The number of alkyl halides is 3. The number of thiocarbonyl (C=S) groups is 1. The second kappa shape index (κ2) is 9.03. The van der Waals surface area contributed by atoms with E-state index in [1.165, 1.54) is 0 Å². The van der Waals surface area contributed by atoms with E-state index in [0.717, 1.165) is 36.6 Å². The molecule has 3 nitrogen and oxygen atoms in total. The van der Waals surface area contributed by atoms with Gasteiger partial charge in [-0.3, -0.25) is 0 Å². The van der Waals surface area contributed by atoms with Gasteiger partial charge in [0.2, 0.25) is 0 Å². The van der Waals surface area contributed by atoms with Crippen molar-refractivity contribution in [3.63, 3.8) is 0 Å². The molecular formula is C19H21F4N3S. The number of hydrogen-bond donors (Lipinski definition) is 2. The lowest BCUT2D eigenvalue weighted by atomic mass is 10.1. The minimum absolute atomic E-state index is 0.0205. The van der Waals surface area contributed by atoms with Gasteiger partial charge in [0.1, 0.15) is 5.82 Å². The van der Waals surface area contributed by atoms with Gasteiger partial charge in [-0.2, -0.15) is 13.2 Å². The van der Waals surface area contributed by atoms with Crippen LogP contribution in [0, 0.1) is 5.82 Å². The van der Waals surface area contributed by atoms with Crippen molar-refractivity contribution in [3.05, 3.63) is 59.4 Å². The van der Waals surface area contributed by atoms with E-state index in [0.29, 0.717) is 6.07 Å². The average Bonchev–Trinajstić information content (AvgIpc) is 2.62. The zero-order valence-corrected chi connectivity index (χ0v) is 15.8. The van der Waals surface area contributed by atoms with Gasteiger partial charge in [-0.05, 0) is 62.5 Å². The number of nitrogens with zero attached hydrogens (tertiary/aromatic N) is 1. The SMILES string of the molecule is CCN(CC)c1ccc(NC(=S)NCc2ccc(C(F)(F)F)cc2F)cc1. The molecule has 27 heavy (non-hydrogen) atoms. The van der Waals surface area contributed by atoms with Crippen LogP contribution in [0.5, 0.6) is 0 Å². The average molecular weight is 399 g/mol. The highest BCUT2D eigenvalue weighted by molar-refractivity contribution is 7.80. The third-order valence-corrected chi connectivity index (χ3v) is 4.32. The first kappa shape index (κ1) is 21.0. The van der Waals surface area contributed by atoms with Crippen LogP contribution in [0.1, 0.15) is 25.0 Å². The molecule has 2 N–H and O–H groups in total. The molecule has 0 saturated carbocycles. The molecule has 0 amide bonds. The first-order valence-corrected chi connectivity index (χ1v) is 8.91. The molecule has 8 heteroatoms. The molecule has 0 bridgehead atoms. The van der Waals surface area contributed by atoms with Gasteiger partial charge in [0.25, 0.3) is 0 Å². The van der Waals surface area contributed by atoms with E-state index in [9.17, 15) is 17.6 Å². The summed E-state index contributed by atoms with van der Waals surface area (Å²) in [6.45, 7) is 5.95. The smallest absolute Gasteiger partial charge is 0.372 e. The van der Waals surface area contributed by atoms with Crippen molar-refractivity contribution in [2.24, 2.45) is 0 Å². The van der Waals surface area contributed by atoms with E-state index in [1.807, 2.05) is 24.3 Å². The zero-order valence-electron chi connectivity index (χ0n) is 15.0. The summed E-state index contributed by atoms with van der Waals surface area (Å²) in [5.41, 5.74) is 0.939. The highest BCUT2D eigenvalue weighted by Gasteiger charge is 2.31. The maximum atomic E-state index is 13.8. The Hall–Kier alpha value is -2.35. The van der Waals surface area contributed by atoms with Crippen LogP contribution in [-0.2, 0) is 12.7 Å². The predicted octanol–water partition coefficient (Wildman–Crippen LogP) is 5.18. The molecule has 2 rings (SSSR count). The van der Waals surface area contributed by atoms with Gasteiger partial charge < -0.3 is 15.5 Å². The molecule has 2 aromatic carbocycles. The van der Waals surface area contributed by atoms with Crippen LogP contribution < -0.4 is 15.5 Å². The zero-order chi connectivity index (χ0) is 20.0. The van der Waals surface area contributed by atoms with E-state index in [4.69, 9.17) is 12.2 Å². The van der Waals surface area contributed by atoms with Gasteiger partial charge in [0.15, 0.2) is 5.11 Å². The lowest BCUT2D eigenvalue weighted by Gasteiger charge is -2.21. The van der Waals surface area contributed by atoms with Crippen molar-refractivity contribution in [1.29, 1.82) is 0 Å². The number of hydrogen-bond acceptors (Lipinski definition) is 2. The van der Waals surface area contributed by atoms with E-state index in [2.05, 4.69) is 29.4 Å². The topological polar surface area (TPSA) is 27.3 Å². The third-order valence-electron chi connectivity index (χ3n) is 4.07. The van der Waals surface area contributed by atoms with Crippen LogP contribution in [-0.4, -0.2) is 18.2 Å². The van der Waals surface area contributed by atoms with Gasteiger partial charge >= 0.3 is 6.18 Å². The molecule has 0 fully saturated rings. The summed E-state index contributed by atoms with van der Waals surface area (Å²) >= 11 is 5.16. The van der Waals surface area contributed by atoms with Crippen LogP contribution in [0.3, 0.4) is 0 Å². The number of anilines is 2. The molecule has 0 unspecified atom stereocenters. The largest absolute Gasteiger partial charge is 0.416 e. The van der Waals surface area contributed by atoms with Crippen molar-refractivity contribution in [2.75, 3.05) is 23.3 Å². The molecule has 0 atom stereocenters. The fourth-order valence-electron chi connectivity index (χ4n) is 2.56. The number of rotatable bonds is 6. The van der Waals surface area contributed by atoms with E-state index in [1.54, 1.807) is 0 Å². The Labute approximate surface area is 161 Å². The summed E-state index contributed by atoms with van der Waals surface area (Å²) in [5, 5.41) is 6.02. The third kappa shape index (κ3) is 5.82. The summed E-state index contributed by atoms with van der Waals surface area (Å²) in [4.78, 5) is 2.20. The molecule has 2 aromatic rings. The van der Waals surface area contributed by atoms with Gasteiger partial charge in [0, 0.05) is 36.6 Å². The van der Waals surface area contributed by atoms with Crippen molar-refractivity contribution < 1.29 is 17.6 Å². The molecule has 0 aliphatic heterocycles. The number of nitrogens with one attached hydrogen (secondary N) is 2. The molecule has 0 heterocycles. The van der Waals surface area contributed by atoms with Gasteiger partial charge in [0.05, 0.1) is 5.56 Å². The maximum Gasteiger partial charge on any atom is 0.416 e. The van der Waals surface area contributed by atoms with Crippen LogP contribution in [0.2, 0.25) is 0 Å². The summed E-state index contributed by atoms with van der Waals surface area (Å²) in [5.74, 6) is -0.927. The van der Waals surface area contributed by atoms with Gasteiger partial charge in [-0.25, -0.2) is 4.39 Å². The number of benzene rings is 2. The molecule has 0 aliphatic rings. The van der Waals surface area contributed by atoms with E-state index < -0.39 is 17.6 Å². The summed E-state index contributed by atoms with van der Waals surface area (Å²) in [6.07, 6.45) is -4.57. The first-order valence-electron chi connectivity index (χ1n) is 8.50. The lowest BCUT2D eigenvalue weighted by molar-refractivity contribution is -0.137. The van der Waals surface area contributed by atoms with Gasteiger partial charge in [-0.15, -0.1) is 0 Å². The predicted molar refractivity (Wildman–Crippen MR) is 104 cm³/mol. The lowest BCUT2D eigenvalue weighted by Crippen LogP contribution is -2.28. The Morgan fingerprint density at radius 2 is 1.67 bits per heavy atom. The summed E-state index contributed by atoms with van der Waals surface area (Å²) in [7, 11) is 0. The van der Waals surface area contributed by atoms with Crippen LogP contribution in [0.25, 0.3) is 0 Å². The maximum absolute atomic E-state index is 13.8. The molecule has 0 saturated heterocycles. The number of halogens is 4. The van der Waals surface area contributed by atoms with Crippen molar-refractivity contribution in [3.8, 4) is 0 Å². The van der Waals surface area contributed by atoms with E-state index >= 15 is 0 Å². The van der Waals surface area contributed by atoms with Crippen molar-refractivity contribution >= 4 is 28.7 Å². The van der Waals surface area contributed by atoms with E-state index in [-0.39, 0.29) is 17.2 Å². The fourth-order valence-corrected chi connectivity index (χ4v) is 2.75.